The fourth-order valence-electron chi connectivity index (χ4n) is 4.11. The Balaban J connectivity index is 1.42. The van der Waals surface area contributed by atoms with E-state index in [0.717, 1.165) is 49.9 Å². The molecule has 3 aliphatic heterocycles. The molecule has 4 rings (SSSR count). The zero-order chi connectivity index (χ0) is 19.7. The number of carbonyl (C=O) groups excluding carboxylic acids is 2. The van der Waals surface area contributed by atoms with E-state index >= 15 is 0 Å². The highest BCUT2D eigenvalue weighted by molar-refractivity contribution is 6.22. The van der Waals surface area contributed by atoms with E-state index in [4.69, 9.17) is 0 Å². The van der Waals surface area contributed by atoms with Gasteiger partial charge in [0, 0.05) is 45.0 Å². The molecule has 0 aliphatic carbocycles. The largest absolute Gasteiger partial charge is 0.384 e. The SMILES string of the molecule is O=C1c2ccc(NCCN3CCNCC3)cc2C(=O)N1C1CCC(O)NC1O. The number of piperazine rings is 1. The summed E-state index contributed by atoms with van der Waals surface area (Å²) in [4.78, 5) is 29.1. The number of aliphatic hydroxyl groups is 2. The minimum atomic E-state index is -1.14. The molecule has 3 unspecified atom stereocenters. The number of fused-ring (bicyclic) bond motifs is 1. The van der Waals surface area contributed by atoms with Crippen LogP contribution in [0.3, 0.4) is 0 Å². The van der Waals surface area contributed by atoms with Crippen LogP contribution in [-0.2, 0) is 0 Å². The zero-order valence-electron chi connectivity index (χ0n) is 15.7. The fourth-order valence-corrected chi connectivity index (χ4v) is 4.11. The highest BCUT2D eigenvalue weighted by Crippen LogP contribution is 2.30. The number of amides is 2. The molecule has 1 aromatic rings. The van der Waals surface area contributed by atoms with Crippen LogP contribution in [0.2, 0.25) is 0 Å². The summed E-state index contributed by atoms with van der Waals surface area (Å²) in [6.45, 7) is 5.74. The van der Waals surface area contributed by atoms with Gasteiger partial charge < -0.3 is 20.8 Å². The Hall–Kier alpha value is -2.04. The van der Waals surface area contributed by atoms with Gasteiger partial charge in [-0.1, -0.05) is 0 Å². The summed E-state index contributed by atoms with van der Waals surface area (Å²) in [6.07, 6.45) is -1.24. The van der Waals surface area contributed by atoms with Gasteiger partial charge in [-0.25, -0.2) is 0 Å². The van der Waals surface area contributed by atoms with Gasteiger partial charge in [0.05, 0.1) is 17.2 Å². The average Bonchev–Trinajstić information content (AvgIpc) is 2.93. The van der Waals surface area contributed by atoms with Gasteiger partial charge in [-0.3, -0.25) is 24.7 Å². The zero-order valence-corrected chi connectivity index (χ0v) is 15.7. The minimum absolute atomic E-state index is 0.357. The van der Waals surface area contributed by atoms with E-state index in [2.05, 4.69) is 20.9 Å². The Kier molecular flexibility index (Phi) is 5.61. The van der Waals surface area contributed by atoms with E-state index in [-0.39, 0.29) is 0 Å². The lowest BCUT2D eigenvalue weighted by atomic mass is 10.0. The van der Waals surface area contributed by atoms with E-state index in [1.165, 1.54) is 0 Å². The van der Waals surface area contributed by atoms with Gasteiger partial charge >= 0.3 is 0 Å². The second-order valence-electron chi connectivity index (χ2n) is 7.53. The number of nitrogens with one attached hydrogen (secondary N) is 3. The Bertz CT molecular complexity index is 752. The molecule has 9 heteroatoms. The Labute approximate surface area is 163 Å². The summed E-state index contributed by atoms with van der Waals surface area (Å²) >= 11 is 0. The number of nitrogens with zero attached hydrogens (tertiary/aromatic N) is 2. The third-order valence-corrected chi connectivity index (χ3v) is 5.68. The number of imide groups is 1. The molecule has 0 radical (unpaired) electrons. The first kappa shape index (κ1) is 19.3. The Morgan fingerprint density at radius 1 is 1.07 bits per heavy atom. The van der Waals surface area contributed by atoms with Crippen LogP contribution in [0.15, 0.2) is 18.2 Å². The van der Waals surface area contributed by atoms with Crippen molar-refractivity contribution in [3.05, 3.63) is 29.3 Å². The fraction of sp³-hybridized carbons (Fsp3) is 0.579. The van der Waals surface area contributed by atoms with Gasteiger partial charge in [-0.2, -0.15) is 0 Å². The predicted octanol–water partition coefficient (Wildman–Crippen LogP) is -1.01. The van der Waals surface area contributed by atoms with Crippen LogP contribution < -0.4 is 16.0 Å². The van der Waals surface area contributed by atoms with Gasteiger partial charge in [0.2, 0.25) is 0 Å². The number of carbonyl (C=O) groups is 2. The second kappa shape index (κ2) is 8.14. The maximum absolute atomic E-state index is 12.9. The first-order chi connectivity index (χ1) is 13.5. The van der Waals surface area contributed by atoms with Crippen molar-refractivity contribution >= 4 is 17.5 Å². The topological polar surface area (TPSA) is 117 Å². The van der Waals surface area contributed by atoms with Crippen LogP contribution in [0.25, 0.3) is 0 Å². The molecule has 0 bridgehead atoms. The molecule has 2 saturated heterocycles. The molecule has 3 heterocycles. The molecule has 0 spiro atoms. The molecule has 5 N–H and O–H groups in total. The van der Waals surface area contributed by atoms with Crippen molar-refractivity contribution in [2.24, 2.45) is 0 Å². The van der Waals surface area contributed by atoms with Crippen molar-refractivity contribution in [2.75, 3.05) is 44.6 Å². The molecule has 28 heavy (non-hydrogen) atoms. The molecule has 152 valence electrons. The summed E-state index contributed by atoms with van der Waals surface area (Å²) < 4.78 is 0. The molecule has 2 amide bonds. The van der Waals surface area contributed by atoms with Gasteiger partial charge in [-0.05, 0) is 31.0 Å². The van der Waals surface area contributed by atoms with E-state index in [1.54, 1.807) is 12.1 Å². The van der Waals surface area contributed by atoms with Gasteiger partial charge in [0.15, 0.2) is 0 Å². The van der Waals surface area contributed by atoms with Crippen molar-refractivity contribution in [1.82, 2.24) is 20.4 Å². The lowest BCUT2D eigenvalue weighted by Gasteiger charge is -2.36. The van der Waals surface area contributed by atoms with Gasteiger partial charge in [0.25, 0.3) is 11.8 Å². The minimum Gasteiger partial charge on any atom is -0.384 e. The summed E-state index contributed by atoms with van der Waals surface area (Å²) in [7, 11) is 0. The number of hydrogen-bond donors (Lipinski definition) is 5. The standard InChI is InChI=1S/C19H27N5O4/c25-16-4-3-15(17(26)22-16)24-18(27)13-2-1-12(11-14(13)19(24)28)21-7-10-23-8-5-20-6-9-23/h1-2,11,15-17,20-22,25-26H,3-10H2. The lowest BCUT2D eigenvalue weighted by Crippen LogP contribution is -2.58. The number of piperidine rings is 1. The van der Waals surface area contributed by atoms with E-state index in [0.29, 0.717) is 24.0 Å². The smallest absolute Gasteiger partial charge is 0.262 e. The number of benzene rings is 1. The van der Waals surface area contributed by atoms with Crippen LogP contribution in [0.1, 0.15) is 33.6 Å². The first-order valence-electron chi connectivity index (χ1n) is 9.85. The maximum atomic E-state index is 12.9. The summed E-state index contributed by atoms with van der Waals surface area (Å²) in [5, 5.41) is 29.0. The molecule has 1 aromatic carbocycles. The monoisotopic (exact) mass is 389 g/mol. The second-order valence-corrected chi connectivity index (χ2v) is 7.53. The number of anilines is 1. The average molecular weight is 389 g/mol. The maximum Gasteiger partial charge on any atom is 0.262 e. The molecular formula is C19H27N5O4. The van der Waals surface area contributed by atoms with Crippen molar-refractivity contribution in [3.8, 4) is 0 Å². The van der Waals surface area contributed by atoms with Crippen LogP contribution in [0.4, 0.5) is 5.69 Å². The predicted molar refractivity (Wildman–Crippen MR) is 103 cm³/mol. The van der Waals surface area contributed by atoms with Crippen molar-refractivity contribution in [3.63, 3.8) is 0 Å². The molecular weight excluding hydrogens is 362 g/mol. The molecule has 0 saturated carbocycles. The van der Waals surface area contributed by atoms with E-state index in [9.17, 15) is 19.8 Å². The van der Waals surface area contributed by atoms with Crippen molar-refractivity contribution < 1.29 is 19.8 Å². The first-order valence-corrected chi connectivity index (χ1v) is 9.85. The number of hydrogen-bond acceptors (Lipinski definition) is 8. The van der Waals surface area contributed by atoms with Crippen LogP contribution in [0.5, 0.6) is 0 Å². The third kappa shape index (κ3) is 3.76. The molecule has 2 fully saturated rings. The number of rotatable bonds is 5. The van der Waals surface area contributed by atoms with E-state index in [1.807, 2.05) is 6.07 Å². The van der Waals surface area contributed by atoms with Crippen LogP contribution in [0, 0.1) is 0 Å². The highest BCUT2D eigenvalue weighted by Gasteiger charge is 2.44. The van der Waals surface area contributed by atoms with E-state index < -0.39 is 30.3 Å². The summed E-state index contributed by atoms with van der Waals surface area (Å²) in [5.74, 6) is -0.789. The van der Waals surface area contributed by atoms with Gasteiger partial charge in [0.1, 0.15) is 12.5 Å². The van der Waals surface area contributed by atoms with Crippen LogP contribution >= 0.6 is 0 Å². The summed E-state index contributed by atoms with van der Waals surface area (Å²) in [5.41, 5.74) is 1.51. The van der Waals surface area contributed by atoms with Crippen LogP contribution in [-0.4, -0.2) is 89.6 Å². The molecule has 9 nitrogen and oxygen atoms in total. The number of aliphatic hydroxyl groups excluding tert-OH is 2. The molecule has 3 aliphatic rings. The quantitative estimate of drug-likeness (QED) is 0.407. The normalized spacial score (nSPS) is 28.5. The third-order valence-electron chi connectivity index (χ3n) is 5.68. The van der Waals surface area contributed by atoms with Gasteiger partial charge in [-0.15, -0.1) is 0 Å². The molecule has 0 aromatic heterocycles. The highest BCUT2D eigenvalue weighted by atomic mass is 16.3. The Morgan fingerprint density at radius 2 is 1.82 bits per heavy atom. The molecule has 3 atom stereocenters. The lowest BCUT2D eigenvalue weighted by molar-refractivity contribution is -0.0413. The summed E-state index contributed by atoms with van der Waals surface area (Å²) in [6, 6.07) is 4.51. The Morgan fingerprint density at radius 3 is 2.57 bits per heavy atom. The van der Waals surface area contributed by atoms with Crippen molar-refractivity contribution in [2.45, 2.75) is 31.3 Å². The van der Waals surface area contributed by atoms with Crippen molar-refractivity contribution in [1.29, 1.82) is 0 Å².